The number of para-hydroxylation sites is 1. The number of hydrogen-bond acceptors (Lipinski definition) is 6. The highest BCUT2D eigenvalue weighted by molar-refractivity contribution is 7.92. The summed E-state index contributed by atoms with van der Waals surface area (Å²) >= 11 is 0. The second kappa shape index (κ2) is 10.1. The van der Waals surface area contributed by atoms with Gasteiger partial charge in [0, 0.05) is 18.4 Å². The molecule has 1 aliphatic heterocycles. The molecule has 2 aliphatic rings. The third kappa shape index (κ3) is 4.59. The van der Waals surface area contributed by atoms with E-state index in [1.165, 1.54) is 17.4 Å². The highest BCUT2D eigenvalue weighted by atomic mass is 32.2. The van der Waals surface area contributed by atoms with Crippen molar-refractivity contribution in [3.63, 3.8) is 0 Å². The Morgan fingerprint density at radius 3 is 2.39 bits per heavy atom. The molecule has 7 nitrogen and oxygen atoms in total. The molecule has 2 unspecified atom stereocenters. The van der Waals surface area contributed by atoms with E-state index in [9.17, 15) is 18.0 Å². The first-order chi connectivity index (χ1) is 18.2. The molecule has 0 radical (unpaired) electrons. The Hall–Kier alpha value is -3.26. The van der Waals surface area contributed by atoms with Crippen molar-refractivity contribution in [1.29, 1.82) is 0 Å². The number of carbonyl (C=O) groups is 2. The number of rotatable bonds is 10. The van der Waals surface area contributed by atoms with Crippen LogP contribution in [0.5, 0.6) is 0 Å². The molecule has 0 spiro atoms. The maximum atomic E-state index is 13.8. The number of ketones is 1. The summed E-state index contributed by atoms with van der Waals surface area (Å²) in [5, 5.41) is 0.819. The van der Waals surface area contributed by atoms with Gasteiger partial charge in [-0.05, 0) is 67.5 Å². The number of benzene rings is 2. The first kappa shape index (κ1) is 26.4. The van der Waals surface area contributed by atoms with Gasteiger partial charge in [0.2, 0.25) is 0 Å². The predicted molar refractivity (Wildman–Crippen MR) is 146 cm³/mol. The first-order valence-corrected chi connectivity index (χ1v) is 14.9. The number of aromatic nitrogens is 1. The normalized spacial score (nSPS) is 19.9. The van der Waals surface area contributed by atoms with Gasteiger partial charge in [0.05, 0.1) is 11.2 Å². The molecule has 200 valence electrons. The van der Waals surface area contributed by atoms with Gasteiger partial charge < -0.3 is 4.74 Å². The number of carbonyl (C=O) groups excluding carboxylic acids is 2. The van der Waals surface area contributed by atoms with E-state index in [0.29, 0.717) is 24.0 Å². The number of esters is 1. The number of ether oxygens (including phenoxy) is 1. The van der Waals surface area contributed by atoms with Crippen molar-refractivity contribution in [2.45, 2.75) is 68.9 Å². The fourth-order valence-electron chi connectivity index (χ4n) is 5.88. The molecular weight excluding hydrogens is 500 g/mol. The SMILES string of the molecule is CCCC1(CCC)OC(=O)C(C(c2cccc(N(C)S(=O)(=O)c3ccc4ccccc4n3)c2)C2CC2)C1=O. The van der Waals surface area contributed by atoms with E-state index >= 15 is 0 Å². The van der Waals surface area contributed by atoms with E-state index in [2.05, 4.69) is 4.98 Å². The molecule has 1 aliphatic carbocycles. The fraction of sp³-hybridized carbons (Fsp3) is 0.433. The Labute approximate surface area is 224 Å². The standard InChI is InChI=1S/C30H34N2O5S/c1-4-17-30(18-5-2)28(33)27(29(34)37-30)26(21-13-14-21)22-10-8-11-23(19-22)32(3)38(35,36)25-16-15-20-9-6-7-12-24(20)31-25/h6-12,15-16,19,21,26-27H,4-5,13-14,17-18H2,1-3H3. The second-order valence-corrected chi connectivity index (χ2v) is 12.4. The summed E-state index contributed by atoms with van der Waals surface area (Å²) in [5.74, 6) is -1.56. The first-order valence-electron chi connectivity index (χ1n) is 13.4. The number of anilines is 1. The molecule has 2 fully saturated rings. The molecule has 1 saturated carbocycles. The zero-order chi connectivity index (χ0) is 27.1. The number of nitrogens with zero attached hydrogens (tertiary/aromatic N) is 2. The third-order valence-electron chi connectivity index (χ3n) is 7.89. The van der Waals surface area contributed by atoms with Gasteiger partial charge in [-0.15, -0.1) is 0 Å². The lowest BCUT2D eigenvalue weighted by Gasteiger charge is -2.26. The Morgan fingerprint density at radius 1 is 1.00 bits per heavy atom. The van der Waals surface area contributed by atoms with Crippen molar-refractivity contribution < 1.29 is 22.7 Å². The third-order valence-corrected chi connectivity index (χ3v) is 9.58. The van der Waals surface area contributed by atoms with E-state index in [1.54, 1.807) is 30.3 Å². The summed E-state index contributed by atoms with van der Waals surface area (Å²) in [7, 11) is -2.44. The van der Waals surface area contributed by atoms with E-state index in [1.807, 2.05) is 38.1 Å². The zero-order valence-corrected chi connectivity index (χ0v) is 22.9. The predicted octanol–water partition coefficient (Wildman–Crippen LogP) is 5.63. The van der Waals surface area contributed by atoms with Crippen LogP contribution in [0.1, 0.15) is 63.9 Å². The molecule has 1 aromatic heterocycles. The smallest absolute Gasteiger partial charge is 0.318 e. The minimum Gasteiger partial charge on any atom is -0.450 e. The molecule has 2 aromatic carbocycles. The lowest BCUT2D eigenvalue weighted by molar-refractivity contribution is -0.154. The van der Waals surface area contributed by atoms with Crippen LogP contribution in [-0.4, -0.2) is 37.8 Å². The lowest BCUT2D eigenvalue weighted by Crippen LogP contribution is -2.38. The molecule has 0 N–H and O–H groups in total. The monoisotopic (exact) mass is 534 g/mol. The molecule has 5 rings (SSSR count). The molecule has 3 aromatic rings. The van der Waals surface area contributed by atoms with Crippen LogP contribution in [0.25, 0.3) is 10.9 Å². The average molecular weight is 535 g/mol. The van der Waals surface area contributed by atoms with Gasteiger partial charge in [0.25, 0.3) is 10.0 Å². The molecule has 2 heterocycles. The van der Waals surface area contributed by atoms with Gasteiger partial charge in [-0.1, -0.05) is 57.0 Å². The fourth-order valence-corrected chi connectivity index (χ4v) is 7.00. The van der Waals surface area contributed by atoms with Crippen LogP contribution in [0.3, 0.4) is 0 Å². The number of cyclic esters (lactones) is 1. The topological polar surface area (TPSA) is 93.6 Å². The van der Waals surface area contributed by atoms with Crippen molar-refractivity contribution in [3.8, 4) is 0 Å². The van der Waals surface area contributed by atoms with Crippen LogP contribution in [-0.2, 0) is 24.3 Å². The van der Waals surface area contributed by atoms with Crippen LogP contribution in [0.2, 0.25) is 0 Å². The van der Waals surface area contributed by atoms with Gasteiger partial charge in [-0.2, -0.15) is 8.42 Å². The minimum atomic E-state index is -3.94. The Bertz CT molecular complexity index is 1470. The minimum absolute atomic E-state index is 0.0405. The van der Waals surface area contributed by atoms with Crippen LogP contribution in [0.4, 0.5) is 5.69 Å². The zero-order valence-electron chi connectivity index (χ0n) is 22.1. The van der Waals surface area contributed by atoms with Gasteiger partial charge >= 0.3 is 5.97 Å². The van der Waals surface area contributed by atoms with Gasteiger partial charge in [0.15, 0.2) is 16.4 Å². The van der Waals surface area contributed by atoms with E-state index in [4.69, 9.17) is 4.74 Å². The van der Waals surface area contributed by atoms with Gasteiger partial charge in [0.1, 0.15) is 5.92 Å². The van der Waals surface area contributed by atoms with E-state index in [0.717, 1.165) is 36.6 Å². The number of hydrogen-bond donors (Lipinski definition) is 0. The van der Waals surface area contributed by atoms with Crippen molar-refractivity contribution >= 4 is 38.4 Å². The van der Waals surface area contributed by atoms with Crippen molar-refractivity contribution in [2.24, 2.45) is 11.8 Å². The lowest BCUT2D eigenvalue weighted by atomic mass is 9.75. The molecule has 2 atom stereocenters. The molecule has 38 heavy (non-hydrogen) atoms. The summed E-state index contributed by atoms with van der Waals surface area (Å²) in [6.07, 6.45) is 4.41. The largest absolute Gasteiger partial charge is 0.450 e. The Balaban J connectivity index is 1.48. The molecule has 1 saturated heterocycles. The number of Topliss-reactive ketones (excluding diaryl/α,β-unsaturated/α-hetero) is 1. The summed E-state index contributed by atoms with van der Waals surface area (Å²) in [6.45, 7) is 3.99. The van der Waals surface area contributed by atoms with Crippen LogP contribution in [0, 0.1) is 11.8 Å². The number of sulfonamides is 1. The average Bonchev–Trinajstić information content (AvgIpc) is 3.72. The summed E-state index contributed by atoms with van der Waals surface area (Å²) in [6, 6.07) is 17.8. The molecule has 0 bridgehead atoms. The molecule has 0 amide bonds. The maximum Gasteiger partial charge on any atom is 0.318 e. The maximum absolute atomic E-state index is 13.8. The van der Waals surface area contributed by atoms with Crippen LogP contribution in [0.15, 0.2) is 65.7 Å². The van der Waals surface area contributed by atoms with Gasteiger partial charge in [-0.25, -0.2) is 4.98 Å². The Kier molecular flexibility index (Phi) is 7.03. The van der Waals surface area contributed by atoms with Crippen molar-refractivity contribution in [1.82, 2.24) is 4.98 Å². The Morgan fingerprint density at radius 2 is 1.71 bits per heavy atom. The quantitative estimate of drug-likeness (QED) is 0.247. The summed E-state index contributed by atoms with van der Waals surface area (Å²) < 4.78 is 34.1. The summed E-state index contributed by atoms with van der Waals surface area (Å²) in [4.78, 5) is 31.4. The second-order valence-electron chi connectivity index (χ2n) is 10.5. The highest BCUT2D eigenvalue weighted by Gasteiger charge is 2.58. The number of fused-ring (bicyclic) bond motifs is 1. The van der Waals surface area contributed by atoms with Crippen molar-refractivity contribution in [3.05, 3.63) is 66.2 Å². The summed E-state index contributed by atoms with van der Waals surface area (Å²) in [5.41, 5.74) is 0.802. The van der Waals surface area contributed by atoms with Crippen LogP contribution < -0.4 is 4.31 Å². The highest BCUT2D eigenvalue weighted by Crippen LogP contribution is 2.52. The van der Waals surface area contributed by atoms with E-state index in [-0.39, 0.29) is 22.6 Å². The molecule has 8 heteroatoms. The van der Waals surface area contributed by atoms with Crippen molar-refractivity contribution in [2.75, 3.05) is 11.4 Å². The van der Waals surface area contributed by atoms with Gasteiger partial charge in [-0.3, -0.25) is 13.9 Å². The van der Waals surface area contributed by atoms with E-state index < -0.39 is 27.5 Å². The van der Waals surface area contributed by atoms with Crippen LogP contribution >= 0.6 is 0 Å². The molecular formula is C30H34N2O5S. The number of pyridine rings is 1.